The van der Waals surface area contributed by atoms with Gasteiger partial charge in [0.1, 0.15) is 0 Å². The molecule has 0 bridgehead atoms. The second-order valence-electron chi connectivity index (χ2n) is 8.04. The molecule has 0 radical (unpaired) electrons. The van der Waals surface area contributed by atoms with E-state index in [0.29, 0.717) is 11.3 Å². The lowest BCUT2D eigenvalue weighted by molar-refractivity contribution is -0.136. The first kappa shape index (κ1) is 17.0. The van der Waals surface area contributed by atoms with Gasteiger partial charge in [0.05, 0.1) is 12.5 Å². The fraction of sp³-hybridized carbons (Fsp3) is 0.667. The summed E-state index contributed by atoms with van der Waals surface area (Å²) in [5, 5.41) is 0. The number of hydrogen-bond acceptors (Lipinski definition) is 3. The first-order valence-electron chi connectivity index (χ1n) is 9.80. The first-order chi connectivity index (χ1) is 12.2. The molecule has 2 heterocycles. The number of nitrogens with zero attached hydrogens (tertiary/aromatic N) is 2. The van der Waals surface area contributed by atoms with Gasteiger partial charge in [-0.3, -0.25) is 4.79 Å². The molecule has 1 aromatic rings. The van der Waals surface area contributed by atoms with Crippen LogP contribution in [0.2, 0.25) is 0 Å². The van der Waals surface area contributed by atoms with Crippen LogP contribution in [0.3, 0.4) is 0 Å². The number of ether oxygens (including phenoxy) is 1. The Labute approximate surface area is 151 Å². The summed E-state index contributed by atoms with van der Waals surface area (Å²) >= 11 is 0. The van der Waals surface area contributed by atoms with Gasteiger partial charge >= 0.3 is 0 Å². The van der Waals surface area contributed by atoms with E-state index in [4.69, 9.17) is 4.74 Å². The van der Waals surface area contributed by atoms with Gasteiger partial charge in [0.2, 0.25) is 5.91 Å². The predicted octanol–water partition coefficient (Wildman–Crippen LogP) is 2.46. The van der Waals surface area contributed by atoms with Crippen LogP contribution in [-0.4, -0.2) is 62.1 Å². The average Bonchev–Trinajstić information content (AvgIpc) is 3.26. The van der Waals surface area contributed by atoms with Crippen molar-refractivity contribution in [2.75, 3.05) is 46.4 Å². The van der Waals surface area contributed by atoms with Crippen LogP contribution in [-0.2, 0) is 21.4 Å². The molecule has 0 aromatic heterocycles. The smallest absolute Gasteiger partial charge is 0.227 e. The third-order valence-corrected chi connectivity index (χ3v) is 6.73. The molecule has 3 aliphatic rings. The first-order valence-corrected chi connectivity index (χ1v) is 9.80. The summed E-state index contributed by atoms with van der Waals surface area (Å²) in [6.07, 6.45) is 5.75. The van der Waals surface area contributed by atoms with Crippen molar-refractivity contribution in [2.24, 2.45) is 5.92 Å². The zero-order valence-corrected chi connectivity index (χ0v) is 15.4. The number of methoxy groups -OCH3 is 1. The van der Waals surface area contributed by atoms with Gasteiger partial charge in [0, 0.05) is 33.3 Å². The summed E-state index contributed by atoms with van der Waals surface area (Å²) in [6.45, 7) is 5.51. The van der Waals surface area contributed by atoms with E-state index in [1.54, 1.807) is 12.7 Å². The van der Waals surface area contributed by atoms with Crippen molar-refractivity contribution in [3.63, 3.8) is 0 Å². The number of carbonyl (C=O) groups excluding carboxylic acids is 1. The van der Waals surface area contributed by atoms with Crippen LogP contribution in [0.1, 0.15) is 36.8 Å². The number of piperidine rings is 1. The van der Waals surface area contributed by atoms with Crippen molar-refractivity contribution in [2.45, 2.75) is 37.5 Å². The van der Waals surface area contributed by atoms with E-state index in [-0.39, 0.29) is 5.92 Å². The highest BCUT2D eigenvalue weighted by Crippen LogP contribution is 2.46. The van der Waals surface area contributed by atoms with E-state index in [1.165, 1.54) is 18.4 Å². The molecule has 2 fully saturated rings. The number of amides is 1. The monoisotopic (exact) mass is 342 g/mol. The van der Waals surface area contributed by atoms with Crippen molar-refractivity contribution in [3.8, 4) is 0 Å². The highest BCUT2D eigenvalue weighted by atomic mass is 16.5. The Hall–Kier alpha value is -1.39. The second-order valence-corrected chi connectivity index (χ2v) is 8.04. The van der Waals surface area contributed by atoms with Crippen molar-refractivity contribution >= 4 is 5.91 Å². The largest absolute Gasteiger partial charge is 0.383 e. The number of likely N-dealkylation sites (tertiary alicyclic amines) is 2. The standard InChI is InChI=1S/C21H30N2O2/c1-25-15-14-22-11-7-18(16-22)20(24)23-12-9-21(10-13-23)8-6-17-4-2-3-5-19(17)21/h2-5,18H,6-16H2,1H3/t18-/m0/s1. The molecule has 4 rings (SSSR count). The lowest BCUT2D eigenvalue weighted by atomic mass is 9.73. The Morgan fingerprint density at radius 2 is 2.00 bits per heavy atom. The van der Waals surface area contributed by atoms with Crippen LogP contribution in [0.15, 0.2) is 24.3 Å². The molecular formula is C21H30N2O2. The Bertz CT molecular complexity index is 622. The molecule has 1 amide bonds. The van der Waals surface area contributed by atoms with E-state index >= 15 is 0 Å². The number of rotatable bonds is 4. The molecule has 0 unspecified atom stereocenters. The lowest BCUT2D eigenvalue weighted by Gasteiger charge is -2.41. The molecule has 2 saturated heterocycles. The maximum Gasteiger partial charge on any atom is 0.227 e. The van der Waals surface area contributed by atoms with Gasteiger partial charge in [-0.25, -0.2) is 0 Å². The van der Waals surface area contributed by atoms with Gasteiger partial charge in [0.25, 0.3) is 0 Å². The third kappa shape index (κ3) is 3.22. The fourth-order valence-corrected chi connectivity index (χ4v) is 5.15. The Kier molecular flexibility index (Phi) is 4.83. The topological polar surface area (TPSA) is 32.8 Å². The van der Waals surface area contributed by atoms with E-state index in [9.17, 15) is 4.79 Å². The summed E-state index contributed by atoms with van der Waals surface area (Å²) in [5.74, 6) is 0.586. The van der Waals surface area contributed by atoms with Crippen LogP contribution < -0.4 is 0 Å². The zero-order chi connectivity index (χ0) is 17.3. The van der Waals surface area contributed by atoms with Crippen molar-refractivity contribution in [1.29, 1.82) is 0 Å². The molecule has 1 atom stereocenters. The summed E-state index contributed by atoms with van der Waals surface area (Å²) in [5.41, 5.74) is 3.44. The molecule has 0 saturated carbocycles. The van der Waals surface area contributed by atoms with Gasteiger partial charge < -0.3 is 14.5 Å². The van der Waals surface area contributed by atoms with Gasteiger partial charge in [0.15, 0.2) is 0 Å². The minimum absolute atomic E-state index is 0.196. The molecule has 1 aromatic carbocycles. The van der Waals surface area contributed by atoms with Crippen molar-refractivity contribution in [3.05, 3.63) is 35.4 Å². The van der Waals surface area contributed by atoms with Crippen LogP contribution >= 0.6 is 0 Å². The van der Waals surface area contributed by atoms with Crippen molar-refractivity contribution < 1.29 is 9.53 Å². The number of hydrogen-bond donors (Lipinski definition) is 0. The highest BCUT2D eigenvalue weighted by Gasteiger charge is 2.42. The van der Waals surface area contributed by atoms with E-state index in [0.717, 1.165) is 58.6 Å². The van der Waals surface area contributed by atoms with Gasteiger partial charge in [-0.1, -0.05) is 24.3 Å². The molecule has 0 N–H and O–H groups in total. The van der Waals surface area contributed by atoms with E-state index in [1.807, 2.05) is 0 Å². The fourth-order valence-electron chi connectivity index (χ4n) is 5.15. The SMILES string of the molecule is COCCN1CC[C@H](C(=O)N2CCC3(CCc4ccccc43)CC2)C1. The van der Waals surface area contributed by atoms with Crippen LogP contribution in [0.4, 0.5) is 0 Å². The highest BCUT2D eigenvalue weighted by molar-refractivity contribution is 5.79. The maximum absolute atomic E-state index is 12.9. The Balaban J connectivity index is 1.34. The minimum atomic E-state index is 0.196. The quantitative estimate of drug-likeness (QED) is 0.843. The Morgan fingerprint density at radius 1 is 1.20 bits per heavy atom. The molecular weight excluding hydrogens is 312 g/mol. The maximum atomic E-state index is 12.9. The van der Waals surface area contributed by atoms with E-state index in [2.05, 4.69) is 34.1 Å². The van der Waals surface area contributed by atoms with E-state index < -0.39 is 0 Å². The van der Waals surface area contributed by atoms with Gasteiger partial charge in [-0.05, 0) is 55.2 Å². The summed E-state index contributed by atoms with van der Waals surface area (Å²) < 4.78 is 5.16. The molecule has 1 aliphatic carbocycles. The number of fused-ring (bicyclic) bond motifs is 2. The van der Waals surface area contributed by atoms with Gasteiger partial charge in [-0.15, -0.1) is 0 Å². The molecule has 1 spiro atoms. The molecule has 25 heavy (non-hydrogen) atoms. The molecule has 2 aliphatic heterocycles. The summed E-state index contributed by atoms with van der Waals surface area (Å²) in [4.78, 5) is 17.5. The number of carbonyl (C=O) groups is 1. The predicted molar refractivity (Wildman–Crippen MR) is 98.7 cm³/mol. The van der Waals surface area contributed by atoms with Crippen molar-refractivity contribution in [1.82, 2.24) is 9.80 Å². The molecule has 4 nitrogen and oxygen atoms in total. The second kappa shape index (κ2) is 7.08. The number of aryl methyl sites for hydroxylation is 1. The van der Waals surface area contributed by atoms with Crippen LogP contribution in [0.5, 0.6) is 0 Å². The Morgan fingerprint density at radius 3 is 2.80 bits per heavy atom. The summed E-state index contributed by atoms with van der Waals surface area (Å²) in [7, 11) is 1.74. The zero-order valence-electron chi connectivity index (χ0n) is 15.4. The molecule has 4 heteroatoms. The lowest BCUT2D eigenvalue weighted by Crippen LogP contribution is -2.46. The number of benzene rings is 1. The minimum Gasteiger partial charge on any atom is -0.383 e. The van der Waals surface area contributed by atoms with Crippen LogP contribution in [0, 0.1) is 5.92 Å². The van der Waals surface area contributed by atoms with Gasteiger partial charge in [-0.2, -0.15) is 0 Å². The van der Waals surface area contributed by atoms with Crippen LogP contribution in [0.25, 0.3) is 0 Å². The summed E-state index contributed by atoms with van der Waals surface area (Å²) in [6, 6.07) is 8.95. The normalized spacial score (nSPS) is 25.5. The third-order valence-electron chi connectivity index (χ3n) is 6.73. The average molecular weight is 342 g/mol. The molecule has 136 valence electrons.